The number of hydrogen-bond acceptors (Lipinski definition) is 3. The number of rotatable bonds is 12. The molecule has 0 aliphatic rings. The van der Waals surface area contributed by atoms with Gasteiger partial charge in [0, 0.05) is 34.3 Å². The third-order valence-electron chi connectivity index (χ3n) is 5.95. The van der Waals surface area contributed by atoms with Crippen LogP contribution in [0.3, 0.4) is 0 Å². The first-order valence-corrected chi connectivity index (χ1v) is 14.4. The Morgan fingerprint density at radius 1 is 0.944 bits per heavy atom. The average molecular weight is 588 g/mol. The van der Waals surface area contributed by atoms with Crippen molar-refractivity contribution in [2.45, 2.75) is 51.1 Å². The number of benzene rings is 3. The third-order valence-corrected chi connectivity index (χ3v) is 7.71. The minimum absolute atomic E-state index is 0.0232. The predicted molar refractivity (Wildman–Crippen MR) is 154 cm³/mol. The number of carbonyl (C=O) groups is 2. The molecule has 0 saturated carbocycles. The second kappa shape index (κ2) is 14.5. The highest BCUT2D eigenvalue weighted by molar-refractivity contribution is 9.10. The monoisotopic (exact) mass is 586 g/mol. The molecule has 7 heteroatoms. The SMILES string of the molecule is CC[C@@H](C)NC(=O)[C@@H](Cc1ccccc1)N(Cc1ccc(Cl)cc1)C(=O)CSCc1ccc(Br)cc1. The van der Waals surface area contributed by atoms with Crippen molar-refractivity contribution < 1.29 is 9.59 Å². The predicted octanol–water partition coefficient (Wildman–Crippen LogP) is 6.89. The highest BCUT2D eigenvalue weighted by Crippen LogP contribution is 2.20. The summed E-state index contributed by atoms with van der Waals surface area (Å²) in [5, 5.41) is 3.74. The molecule has 3 aromatic rings. The van der Waals surface area contributed by atoms with E-state index in [-0.39, 0.29) is 23.6 Å². The van der Waals surface area contributed by atoms with E-state index in [4.69, 9.17) is 11.6 Å². The van der Waals surface area contributed by atoms with E-state index in [1.54, 1.807) is 16.7 Å². The minimum Gasteiger partial charge on any atom is -0.352 e. The molecule has 36 heavy (non-hydrogen) atoms. The van der Waals surface area contributed by atoms with E-state index >= 15 is 0 Å². The maximum Gasteiger partial charge on any atom is 0.243 e. The maximum absolute atomic E-state index is 13.6. The van der Waals surface area contributed by atoms with E-state index in [9.17, 15) is 9.59 Å². The van der Waals surface area contributed by atoms with Gasteiger partial charge in [0.15, 0.2) is 0 Å². The van der Waals surface area contributed by atoms with Crippen molar-refractivity contribution >= 4 is 51.1 Å². The fourth-order valence-corrected chi connectivity index (χ4v) is 4.96. The highest BCUT2D eigenvalue weighted by Gasteiger charge is 2.30. The first kappa shape index (κ1) is 28.3. The van der Waals surface area contributed by atoms with Crippen molar-refractivity contribution in [1.82, 2.24) is 10.2 Å². The quantitative estimate of drug-likeness (QED) is 0.251. The summed E-state index contributed by atoms with van der Waals surface area (Å²) in [5.74, 6) is 0.808. The highest BCUT2D eigenvalue weighted by atomic mass is 79.9. The van der Waals surface area contributed by atoms with Gasteiger partial charge >= 0.3 is 0 Å². The summed E-state index contributed by atoms with van der Waals surface area (Å²) in [6.07, 6.45) is 1.26. The Labute approximate surface area is 231 Å². The van der Waals surface area contributed by atoms with Crippen LogP contribution in [0.5, 0.6) is 0 Å². The Hall–Kier alpha value is -2.28. The van der Waals surface area contributed by atoms with Crippen molar-refractivity contribution in [3.63, 3.8) is 0 Å². The summed E-state index contributed by atoms with van der Waals surface area (Å²) in [6.45, 7) is 4.35. The van der Waals surface area contributed by atoms with Crippen LogP contribution in [0.4, 0.5) is 0 Å². The Morgan fingerprint density at radius 2 is 1.58 bits per heavy atom. The number of nitrogens with zero attached hydrogens (tertiary/aromatic N) is 1. The maximum atomic E-state index is 13.6. The van der Waals surface area contributed by atoms with Crippen LogP contribution in [0.25, 0.3) is 0 Å². The molecule has 0 aliphatic carbocycles. The van der Waals surface area contributed by atoms with Crippen molar-refractivity contribution in [2.24, 2.45) is 0 Å². The smallest absolute Gasteiger partial charge is 0.243 e. The number of nitrogens with one attached hydrogen (secondary N) is 1. The normalized spacial score (nSPS) is 12.6. The number of halogens is 2. The van der Waals surface area contributed by atoms with Crippen LogP contribution >= 0.6 is 39.3 Å². The van der Waals surface area contributed by atoms with Gasteiger partial charge in [-0.2, -0.15) is 0 Å². The number of hydrogen-bond donors (Lipinski definition) is 1. The zero-order valence-corrected chi connectivity index (χ0v) is 23.8. The van der Waals surface area contributed by atoms with Gasteiger partial charge in [0.25, 0.3) is 0 Å². The van der Waals surface area contributed by atoms with E-state index in [0.717, 1.165) is 33.3 Å². The number of carbonyl (C=O) groups excluding carboxylic acids is 2. The van der Waals surface area contributed by atoms with Crippen LogP contribution in [-0.2, 0) is 28.3 Å². The summed E-state index contributed by atoms with van der Waals surface area (Å²) < 4.78 is 1.03. The largest absolute Gasteiger partial charge is 0.352 e. The Balaban J connectivity index is 1.84. The van der Waals surface area contributed by atoms with E-state index in [0.29, 0.717) is 18.0 Å². The topological polar surface area (TPSA) is 49.4 Å². The third kappa shape index (κ3) is 8.99. The zero-order chi connectivity index (χ0) is 25.9. The second-order valence-corrected chi connectivity index (χ2v) is 11.1. The average Bonchev–Trinajstić information content (AvgIpc) is 2.88. The molecule has 2 atom stereocenters. The molecular weight excluding hydrogens is 556 g/mol. The Bertz CT molecular complexity index is 1110. The molecule has 4 nitrogen and oxygen atoms in total. The minimum atomic E-state index is -0.627. The van der Waals surface area contributed by atoms with E-state index < -0.39 is 6.04 Å². The lowest BCUT2D eigenvalue weighted by atomic mass is 10.0. The first-order valence-electron chi connectivity index (χ1n) is 12.1. The lowest BCUT2D eigenvalue weighted by Crippen LogP contribution is -2.52. The molecule has 190 valence electrons. The molecule has 2 amide bonds. The lowest BCUT2D eigenvalue weighted by Gasteiger charge is -2.32. The first-order chi connectivity index (χ1) is 17.4. The van der Waals surface area contributed by atoms with Gasteiger partial charge in [-0.25, -0.2) is 0 Å². The summed E-state index contributed by atoms with van der Waals surface area (Å²) in [4.78, 5) is 28.9. The standard InChI is InChI=1S/C29H32BrClN2O2S/c1-3-21(2)32-29(35)27(17-22-7-5-4-6-8-22)33(18-23-11-15-26(31)16-12-23)28(34)20-36-19-24-9-13-25(30)14-10-24/h4-16,21,27H,3,17-20H2,1-2H3,(H,32,35)/t21-,27-/m1/s1. The van der Waals surface area contributed by atoms with Gasteiger partial charge in [-0.1, -0.05) is 89.1 Å². The van der Waals surface area contributed by atoms with Crippen LogP contribution in [-0.4, -0.2) is 34.6 Å². The molecule has 0 saturated heterocycles. The summed E-state index contributed by atoms with van der Waals surface area (Å²) in [6, 6.07) is 24.8. The van der Waals surface area contributed by atoms with Crippen LogP contribution in [0.15, 0.2) is 83.3 Å². The van der Waals surface area contributed by atoms with Crippen LogP contribution in [0.1, 0.15) is 37.0 Å². The van der Waals surface area contributed by atoms with Gasteiger partial charge < -0.3 is 10.2 Å². The summed E-state index contributed by atoms with van der Waals surface area (Å²) in [7, 11) is 0. The number of thioether (sulfide) groups is 1. The molecule has 0 radical (unpaired) electrons. The van der Waals surface area contributed by atoms with Crippen LogP contribution in [0, 0.1) is 0 Å². The van der Waals surface area contributed by atoms with Crippen molar-refractivity contribution in [2.75, 3.05) is 5.75 Å². The fourth-order valence-electron chi connectivity index (χ4n) is 3.70. The molecule has 0 aliphatic heterocycles. The molecule has 3 rings (SSSR count). The number of amides is 2. The van der Waals surface area contributed by atoms with Gasteiger partial charge in [-0.3, -0.25) is 9.59 Å². The van der Waals surface area contributed by atoms with Crippen LogP contribution < -0.4 is 5.32 Å². The van der Waals surface area contributed by atoms with E-state index in [2.05, 4.69) is 21.2 Å². The molecule has 3 aromatic carbocycles. The zero-order valence-electron chi connectivity index (χ0n) is 20.6. The second-order valence-electron chi connectivity index (χ2n) is 8.79. The molecule has 0 aromatic heterocycles. The van der Waals surface area contributed by atoms with Gasteiger partial charge in [0.2, 0.25) is 11.8 Å². The van der Waals surface area contributed by atoms with Crippen LogP contribution in [0.2, 0.25) is 5.02 Å². The Morgan fingerprint density at radius 3 is 2.22 bits per heavy atom. The summed E-state index contributed by atoms with van der Waals surface area (Å²) >= 11 is 11.1. The van der Waals surface area contributed by atoms with Crippen molar-refractivity contribution in [1.29, 1.82) is 0 Å². The van der Waals surface area contributed by atoms with Crippen molar-refractivity contribution in [3.05, 3.63) is 105 Å². The molecule has 0 bridgehead atoms. The van der Waals surface area contributed by atoms with E-state index in [1.807, 2.05) is 92.7 Å². The van der Waals surface area contributed by atoms with Gasteiger partial charge in [0.1, 0.15) is 6.04 Å². The van der Waals surface area contributed by atoms with Gasteiger partial charge in [-0.05, 0) is 54.3 Å². The molecule has 0 fully saturated rings. The molecular formula is C29H32BrClN2O2S. The van der Waals surface area contributed by atoms with Gasteiger partial charge in [-0.15, -0.1) is 11.8 Å². The molecule has 0 heterocycles. The molecule has 1 N–H and O–H groups in total. The molecule has 0 spiro atoms. The fraction of sp³-hybridized carbons (Fsp3) is 0.310. The lowest BCUT2D eigenvalue weighted by molar-refractivity contribution is -0.139. The summed E-state index contributed by atoms with van der Waals surface area (Å²) in [5.41, 5.74) is 3.09. The van der Waals surface area contributed by atoms with E-state index in [1.165, 1.54) is 0 Å². The Kier molecular flexibility index (Phi) is 11.4. The van der Waals surface area contributed by atoms with Crippen molar-refractivity contribution in [3.8, 4) is 0 Å². The van der Waals surface area contributed by atoms with Gasteiger partial charge in [0.05, 0.1) is 5.75 Å². The molecule has 0 unspecified atom stereocenters.